The summed E-state index contributed by atoms with van der Waals surface area (Å²) in [6.45, 7) is 1.25. The van der Waals surface area contributed by atoms with Gasteiger partial charge in [0.1, 0.15) is 5.75 Å². The van der Waals surface area contributed by atoms with E-state index in [0.29, 0.717) is 36.6 Å². The lowest BCUT2D eigenvalue weighted by Gasteiger charge is -2.33. The van der Waals surface area contributed by atoms with Crippen LogP contribution in [0.3, 0.4) is 0 Å². The van der Waals surface area contributed by atoms with Crippen LogP contribution >= 0.6 is 11.6 Å². The highest BCUT2D eigenvalue weighted by molar-refractivity contribution is 6.31. The molecule has 0 unspecified atom stereocenters. The minimum atomic E-state index is -0.482. The molecule has 1 saturated heterocycles. The van der Waals surface area contributed by atoms with E-state index in [9.17, 15) is 20.0 Å². The number of carbonyl (C=O) groups is 1. The van der Waals surface area contributed by atoms with Crippen molar-refractivity contribution >= 4 is 34.6 Å². The maximum atomic E-state index is 12.5. The van der Waals surface area contributed by atoms with Crippen molar-refractivity contribution in [3.8, 4) is 11.5 Å². The average Bonchev–Trinajstić information content (AvgIpc) is 2.70. The highest BCUT2D eigenvalue weighted by Crippen LogP contribution is 2.33. The molecule has 148 valence electrons. The van der Waals surface area contributed by atoms with Gasteiger partial charge in [-0.05, 0) is 37.1 Å². The highest BCUT2D eigenvalue weighted by atomic mass is 35.5. The second kappa shape index (κ2) is 8.35. The molecule has 2 aromatic carbocycles. The summed E-state index contributed by atoms with van der Waals surface area (Å²) in [6.07, 6.45) is 1.24. The van der Waals surface area contributed by atoms with Gasteiger partial charge < -0.3 is 20.1 Å². The SMILES string of the molecule is COc1cc(N2CCC(C(=O)Nc3cc(Cl)ccc3O)CC2)ccc1[N+](=O)[O-]. The van der Waals surface area contributed by atoms with Crippen LogP contribution in [-0.4, -0.2) is 36.1 Å². The van der Waals surface area contributed by atoms with Crippen molar-refractivity contribution in [1.82, 2.24) is 0 Å². The molecule has 0 saturated carbocycles. The summed E-state index contributed by atoms with van der Waals surface area (Å²) < 4.78 is 5.12. The van der Waals surface area contributed by atoms with Crippen LogP contribution in [0.4, 0.5) is 17.1 Å². The van der Waals surface area contributed by atoms with Crippen LogP contribution in [-0.2, 0) is 4.79 Å². The number of nitrogens with one attached hydrogen (secondary N) is 1. The fourth-order valence-corrected chi connectivity index (χ4v) is 3.43. The molecule has 1 heterocycles. The molecule has 28 heavy (non-hydrogen) atoms. The van der Waals surface area contributed by atoms with E-state index in [-0.39, 0.29) is 29.0 Å². The molecule has 1 aliphatic rings. The molecule has 2 N–H and O–H groups in total. The molecule has 0 aromatic heterocycles. The summed E-state index contributed by atoms with van der Waals surface area (Å²) >= 11 is 5.91. The molecule has 0 aliphatic carbocycles. The van der Waals surface area contributed by atoms with Crippen molar-refractivity contribution in [3.05, 3.63) is 51.5 Å². The third-order valence-corrected chi connectivity index (χ3v) is 5.04. The normalized spacial score (nSPS) is 14.6. The first kappa shape index (κ1) is 19.8. The number of halogens is 1. The third-order valence-electron chi connectivity index (χ3n) is 4.81. The number of aromatic hydroxyl groups is 1. The second-order valence-electron chi connectivity index (χ2n) is 6.53. The maximum absolute atomic E-state index is 12.5. The molecule has 0 radical (unpaired) electrons. The Morgan fingerprint density at radius 3 is 2.64 bits per heavy atom. The standard InChI is InChI=1S/C19H20ClN3O5/c1-28-18-11-14(3-4-16(18)23(26)27)22-8-6-12(7-9-22)19(25)21-15-10-13(20)2-5-17(15)24/h2-5,10-12,24H,6-9H2,1H3,(H,21,25). The molecule has 1 aliphatic heterocycles. The Bertz CT molecular complexity index is 897. The number of nitrogens with zero attached hydrogens (tertiary/aromatic N) is 2. The lowest BCUT2D eigenvalue weighted by atomic mass is 9.95. The Kier molecular flexibility index (Phi) is 5.89. The average molecular weight is 406 g/mol. The predicted octanol–water partition coefficient (Wildman–Crippen LogP) is 3.82. The number of nitro benzene ring substituents is 1. The number of nitro groups is 1. The van der Waals surface area contributed by atoms with Gasteiger partial charge in [-0.3, -0.25) is 14.9 Å². The number of phenols is 1. The van der Waals surface area contributed by atoms with Gasteiger partial charge in [0.2, 0.25) is 5.91 Å². The van der Waals surface area contributed by atoms with Crippen LogP contribution in [0.1, 0.15) is 12.8 Å². The zero-order chi connectivity index (χ0) is 20.3. The number of benzene rings is 2. The molecule has 3 rings (SSSR count). The zero-order valence-corrected chi connectivity index (χ0v) is 16.0. The fourth-order valence-electron chi connectivity index (χ4n) is 3.26. The molecular formula is C19H20ClN3O5. The first-order valence-corrected chi connectivity index (χ1v) is 9.13. The van der Waals surface area contributed by atoms with E-state index in [1.54, 1.807) is 18.2 Å². The first-order valence-electron chi connectivity index (χ1n) is 8.76. The van der Waals surface area contributed by atoms with E-state index < -0.39 is 4.92 Å². The van der Waals surface area contributed by atoms with Gasteiger partial charge in [-0.15, -0.1) is 0 Å². The minimum absolute atomic E-state index is 0.0341. The van der Waals surface area contributed by atoms with E-state index in [1.165, 1.54) is 25.3 Å². The molecule has 0 spiro atoms. The van der Waals surface area contributed by atoms with Crippen molar-refractivity contribution in [2.45, 2.75) is 12.8 Å². The van der Waals surface area contributed by atoms with Crippen LogP contribution in [0.25, 0.3) is 0 Å². The van der Waals surface area contributed by atoms with Crippen LogP contribution < -0.4 is 15.0 Å². The topological polar surface area (TPSA) is 105 Å². The van der Waals surface area contributed by atoms with Crippen molar-refractivity contribution in [2.24, 2.45) is 5.92 Å². The number of anilines is 2. The minimum Gasteiger partial charge on any atom is -0.506 e. The van der Waals surface area contributed by atoms with Crippen LogP contribution in [0, 0.1) is 16.0 Å². The summed E-state index contributed by atoms with van der Waals surface area (Å²) in [5.41, 5.74) is 1.02. The fraction of sp³-hybridized carbons (Fsp3) is 0.316. The monoisotopic (exact) mass is 405 g/mol. The Labute approximate surface area is 166 Å². The number of amides is 1. The van der Waals surface area contributed by atoms with Gasteiger partial charge in [0.05, 0.1) is 17.7 Å². The lowest BCUT2D eigenvalue weighted by molar-refractivity contribution is -0.385. The molecule has 9 heteroatoms. The highest BCUT2D eigenvalue weighted by Gasteiger charge is 2.27. The van der Waals surface area contributed by atoms with Gasteiger partial charge in [0.25, 0.3) is 0 Å². The molecule has 1 amide bonds. The van der Waals surface area contributed by atoms with E-state index in [1.807, 2.05) is 0 Å². The number of piperidine rings is 1. The number of hydrogen-bond acceptors (Lipinski definition) is 6. The van der Waals surface area contributed by atoms with E-state index in [2.05, 4.69) is 10.2 Å². The number of carbonyl (C=O) groups excluding carboxylic acids is 1. The molecule has 2 aromatic rings. The first-order chi connectivity index (χ1) is 13.4. The molecule has 0 bridgehead atoms. The quantitative estimate of drug-likeness (QED) is 0.445. The van der Waals surface area contributed by atoms with Gasteiger partial charge in [-0.1, -0.05) is 11.6 Å². The van der Waals surface area contributed by atoms with Gasteiger partial charge in [-0.25, -0.2) is 0 Å². The van der Waals surface area contributed by atoms with Crippen LogP contribution in [0.5, 0.6) is 11.5 Å². The number of phenolic OH excluding ortho intramolecular Hbond substituents is 1. The van der Waals surface area contributed by atoms with Crippen molar-refractivity contribution in [3.63, 3.8) is 0 Å². The van der Waals surface area contributed by atoms with E-state index in [0.717, 1.165) is 5.69 Å². The largest absolute Gasteiger partial charge is 0.506 e. The van der Waals surface area contributed by atoms with Gasteiger partial charge >= 0.3 is 5.69 Å². The van der Waals surface area contributed by atoms with Gasteiger partial charge in [0, 0.05) is 41.9 Å². The zero-order valence-electron chi connectivity index (χ0n) is 15.2. The number of rotatable bonds is 5. The predicted molar refractivity (Wildman–Crippen MR) is 106 cm³/mol. The van der Waals surface area contributed by atoms with Crippen molar-refractivity contribution in [2.75, 3.05) is 30.4 Å². The summed E-state index contributed by atoms with van der Waals surface area (Å²) in [5.74, 6) is -0.194. The summed E-state index contributed by atoms with van der Waals surface area (Å²) in [5, 5.41) is 24.0. The Morgan fingerprint density at radius 2 is 2.00 bits per heavy atom. The number of hydrogen-bond donors (Lipinski definition) is 2. The summed E-state index contributed by atoms with van der Waals surface area (Å²) in [7, 11) is 1.40. The van der Waals surface area contributed by atoms with Gasteiger partial charge in [-0.2, -0.15) is 0 Å². The maximum Gasteiger partial charge on any atom is 0.311 e. The van der Waals surface area contributed by atoms with Crippen molar-refractivity contribution in [1.29, 1.82) is 0 Å². The molecule has 0 atom stereocenters. The Hall–Kier alpha value is -3.00. The van der Waals surface area contributed by atoms with Crippen molar-refractivity contribution < 1.29 is 19.6 Å². The Balaban J connectivity index is 1.63. The second-order valence-corrected chi connectivity index (χ2v) is 6.96. The molecular weight excluding hydrogens is 386 g/mol. The Morgan fingerprint density at radius 1 is 1.29 bits per heavy atom. The lowest BCUT2D eigenvalue weighted by Crippen LogP contribution is -2.38. The van der Waals surface area contributed by atoms with E-state index in [4.69, 9.17) is 16.3 Å². The van der Waals surface area contributed by atoms with Crippen LogP contribution in [0.2, 0.25) is 5.02 Å². The van der Waals surface area contributed by atoms with Crippen LogP contribution in [0.15, 0.2) is 36.4 Å². The van der Waals surface area contributed by atoms with Gasteiger partial charge in [0.15, 0.2) is 5.75 Å². The van der Waals surface area contributed by atoms with E-state index >= 15 is 0 Å². The molecule has 8 nitrogen and oxygen atoms in total. The number of ether oxygens (including phenoxy) is 1. The summed E-state index contributed by atoms with van der Waals surface area (Å²) in [6, 6.07) is 9.24. The number of methoxy groups -OCH3 is 1. The third kappa shape index (κ3) is 4.28. The summed E-state index contributed by atoms with van der Waals surface area (Å²) in [4.78, 5) is 25.1. The molecule has 1 fully saturated rings. The smallest absolute Gasteiger partial charge is 0.311 e.